The van der Waals surface area contributed by atoms with Gasteiger partial charge in [0.2, 0.25) is 0 Å². The lowest BCUT2D eigenvalue weighted by Gasteiger charge is -2.12. The largest absolute Gasteiger partial charge is 0.490 e. The van der Waals surface area contributed by atoms with Crippen molar-refractivity contribution in [2.75, 3.05) is 0 Å². The number of hydrogen-bond acceptors (Lipinski definition) is 3. The van der Waals surface area contributed by atoms with Crippen molar-refractivity contribution in [2.24, 2.45) is 5.73 Å². The van der Waals surface area contributed by atoms with Gasteiger partial charge in [-0.15, -0.1) is 0 Å². The van der Waals surface area contributed by atoms with E-state index in [4.69, 9.17) is 15.6 Å². The number of aliphatic carboxylic acids is 1. The molecule has 1 aromatic carbocycles. The summed E-state index contributed by atoms with van der Waals surface area (Å²) in [6.07, 6.45) is 0.461. The quantitative estimate of drug-likeness (QED) is 0.802. The molecule has 4 nitrogen and oxygen atoms in total. The van der Waals surface area contributed by atoms with Gasteiger partial charge < -0.3 is 15.6 Å². The second-order valence-corrected chi connectivity index (χ2v) is 3.88. The van der Waals surface area contributed by atoms with E-state index in [1.807, 2.05) is 0 Å². The van der Waals surface area contributed by atoms with Crippen LogP contribution in [0.1, 0.15) is 12.0 Å². The van der Waals surface area contributed by atoms with E-state index in [2.05, 4.69) is 0 Å². The van der Waals surface area contributed by atoms with Gasteiger partial charge in [0.05, 0.1) is 0 Å². The predicted octanol–water partition coefficient (Wildman–Crippen LogP) is 0.931. The van der Waals surface area contributed by atoms with Crippen LogP contribution in [-0.2, 0) is 11.2 Å². The maximum absolute atomic E-state index is 12.9. The van der Waals surface area contributed by atoms with Crippen molar-refractivity contribution in [3.05, 3.63) is 29.6 Å². The predicted molar refractivity (Wildman–Crippen MR) is 54.7 cm³/mol. The number of hydrogen-bond donors (Lipinski definition) is 2. The Morgan fingerprint density at radius 2 is 2.44 bits per heavy atom. The number of carbonyl (C=O) groups is 1. The Labute approximate surface area is 91.8 Å². The van der Waals surface area contributed by atoms with Crippen LogP contribution >= 0.6 is 0 Å². The Hall–Kier alpha value is -1.62. The maximum atomic E-state index is 12.9. The molecule has 1 aliphatic rings. The van der Waals surface area contributed by atoms with Gasteiger partial charge in [0.15, 0.2) is 0 Å². The molecule has 86 valence electrons. The van der Waals surface area contributed by atoms with E-state index in [1.54, 1.807) is 6.07 Å². The molecule has 5 heteroatoms. The first-order valence-corrected chi connectivity index (χ1v) is 4.99. The van der Waals surface area contributed by atoms with Crippen molar-refractivity contribution in [3.8, 4) is 5.75 Å². The fourth-order valence-corrected chi connectivity index (χ4v) is 1.80. The van der Waals surface area contributed by atoms with E-state index in [1.165, 1.54) is 12.1 Å². The molecule has 0 amide bonds. The van der Waals surface area contributed by atoms with E-state index in [-0.39, 0.29) is 18.3 Å². The lowest BCUT2D eigenvalue weighted by Crippen LogP contribution is -2.35. The summed E-state index contributed by atoms with van der Waals surface area (Å²) in [7, 11) is 0. The van der Waals surface area contributed by atoms with Crippen molar-refractivity contribution < 1.29 is 19.0 Å². The average molecular weight is 225 g/mol. The summed E-state index contributed by atoms with van der Waals surface area (Å²) < 4.78 is 18.4. The van der Waals surface area contributed by atoms with Gasteiger partial charge in [-0.3, -0.25) is 4.79 Å². The highest BCUT2D eigenvalue weighted by atomic mass is 19.1. The standard InChI is InChI=1S/C11H12FNO3/c12-7-1-2-10-6(3-7)4-8(16-10)5-9(13)11(14)15/h1-3,8-9H,4-5,13H2,(H,14,15). The molecule has 0 spiro atoms. The fourth-order valence-electron chi connectivity index (χ4n) is 1.80. The molecule has 1 aromatic rings. The van der Waals surface area contributed by atoms with Crippen LogP contribution in [0.25, 0.3) is 0 Å². The first-order chi connectivity index (χ1) is 7.56. The van der Waals surface area contributed by atoms with Gasteiger partial charge in [-0.05, 0) is 18.2 Å². The molecule has 0 saturated heterocycles. The molecule has 0 aliphatic carbocycles. The lowest BCUT2D eigenvalue weighted by molar-refractivity contribution is -0.139. The summed E-state index contributed by atoms with van der Waals surface area (Å²) in [5, 5.41) is 8.66. The van der Waals surface area contributed by atoms with Crippen LogP contribution in [-0.4, -0.2) is 23.2 Å². The van der Waals surface area contributed by atoms with Gasteiger partial charge in [-0.1, -0.05) is 0 Å². The van der Waals surface area contributed by atoms with Gasteiger partial charge in [0, 0.05) is 18.4 Å². The molecule has 0 saturated carbocycles. The highest BCUT2D eigenvalue weighted by molar-refractivity contribution is 5.73. The van der Waals surface area contributed by atoms with Crippen LogP contribution < -0.4 is 10.5 Å². The van der Waals surface area contributed by atoms with Gasteiger partial charge in [-0.25, -0.2) is 4.39 Å². The zero-order valence-electron chi connectivity index (χ0n) is 8.52. The van der Waals surface area contributed by atoms with E-state index in [0.717, 1.165) is 5.56 Å². The van der Waals surface area contributed by atoms with E-state index in [0.29, 0.717) is 12.2 Å². The zero-order valence-corrected chi connectivity index (χ0v) is 8.52. The molecule has 2 atom stereocenters. The number of halogens is 1. The Bertz CT molecular complexity index is 422. The molecular formula is C11H12FNO3. The number of ether oxygens (including phenoxy) is 1. The second-order valence-electron chi connectivity index (χ2n) is 3.88. The van der Waals surface area contributed by atoms with Crippen LogP contribution in [0, 0.1) is 5.82 Å². The van der Waals surface area contributed by atoms with Crippen molar-refractivity contribution in [1.82, 2.24) is 0 Å². The van der Waals surface area contributed by atoms with Gasteiger partial charge in [0.25, 0.3) is 0 Å². The normalized spacial score (nSPS) is 20.0. The molecule has 2 unspecified atom stereocenters. The summed E-state index contributed by atoms with van der Waals surface area (Å²) >= 11 is 0. The fraction of sp³-hybridized carbons (Fsp3) is 0.364. The monoisotopic (exact) mass is 225 g/mol. The van der Waals surface area contributed by atoms with E-state index >= 15 is 0 Å². The van der Waals surface area contributed by atoms with Crippen molar-refractivity contribution >= 4 is 5.97 Å². The molecule has 0 radical (unpaired) electrons. The van der Waals surface area contributed by atoms with Gasteiger partial charge >= 0.3 is 5.97 Å². The van der Waals surface area contributed by atoms with Gasteiger partial charge in [-0.2, -0.15) is 0 Å². The van der Waals surface area contributed by atoms with Crippen LogP contribution in [0.2, 0.25) is 0 Å². The van der Waals surface area contributed by atoms with Crippen LogP contribution in [0.5, 0.6) is 5.75 Å². The molecular weight excluding hydrogens is 213 g/mol. The second kappa shape index (κ2) is 4.09. The van der Waals surface area contributed by atoms with Crippen molar-refractivity contribution in [2.45, 2.75) is 25.0 Å². The smallest absolute Gasteiger partial charge is 0.320 e. The Morgan fingerprint density at radius 3 is 3.12 bits per heavy atom. The highest BCUT2D eigenvalue weighted by Crippen LogP contribution is 2.30. The van der Waals surface area contributed by atoms with Crippen molar-refractivity contribution in [3.63, 3.8) is 0 Å². The van der Waals surface area contributed by atoms with Gasteiger partial charge in [0.1, 0.15) is 23.7 Å². The lowest BCUT2D eigenvalue weighted by atomic mass is 10.0. The SMILES string of the molecule is NC(CC1Cc2cc(F)ccc2O1)C(=O)O. The number of benzene rings is 1. The number of nitrogens with two attached hydrogens (primary N) is 1. The number of carboxylic acid groups (broad SMARTS) is 1. The number of rotatable bonds is 3. The maximum Gasteiger partial charge on any atom is 0.320 e. The zero-order chi connectivity index (χ0) is 11.7. The third-order valence-electron chi connectivity index (χ3n) is 2.60. The summed E-state index contributed by atoms with van der Waals surface area (Å²) in [5.41, 5.74) is 6.17. The summed E-state index contributed by atoms with van der Waals surface area (Å²) in [5.74, 6) is -0.750. The van der Waals surface area contributed by atoms with Crippen LogP contribution in [0.15, 0.2) is 18.2 Å². The minimum absolute atomic E-state index is 0.228. The molecule has 0 fully saturated rings. The minimum Gasteiger partial charge on any atom is -0.490 e. The van der Waals surface area contributed by atoms with E-state index in [9.17, 15) is 9.18 Å². The average Bonchev–Trinajstić information content (AvgIpc) is 2.58. The number of carboxylic acids is 1. The third-order valence-corrected chi connectivity index (χ3v) is 2.60. The molecule has 0 aromatic heterocycles. The molecule has 0 bridgehead atoms. The molecule has 1 heterocycles. The minimum atomic E-state index is -1.05. The van der Waals surface area contributed by atoms with Crippen molar-refractivity contribution in [1.29, 1.82) is 0 Å². The molecule has 1 aliphatic heterocycles. The summed E-state index contributed by atoms with van der Waals surface area (Å²) in [4.78, 5) is 10.6. The van der Waals surface area contributed by atoms with Crippen LogP contribution in [0.3, 0.4) is 0 Å². The molecule has 3 N–H and O–H groups in total. The Morgan fingerprint density at radius 1 is 1.69 bits per heavy atom. The highest BCUT2D eigenvalue weighted by Gasteiger charge is 2.27. The first kappa shape index (κ1) is 10.9. The molecule has 16 heavy (non-hydrogen) atoms. The Kier molecular flexibility index (Phi) is 2.78. The number of fused-ring (bicyclic) bond motifs is 1. The van der Waals surface area contributed by atoms with E-state index < -0.39 is 12.0 Å². The topological polar surface area (TPSA) is 72.5 Å². The summed E-state index contributed by atoms with van der Waals surface area (Å²) in [6, 6.07) is 3.33. The van der Waals surface area contributed by atoms with Crippen LogP contribution in [0.4, 0.5) is 4.39 Å². The first-order valence-electron chi connectivity index (χ1n) is 4.99. The summed E-state index contributed by atoms with van der Waals surface area (Å²) in [6.45, 7) is 0. The third kappa shape index (κ3) is 2.14. The molecule has 2 rings (SSSR count). The Balaban J connectivity index is 2.03.